The van der Waals surface area contributed by atoms with Crippen LogP contribution in [0.5, 0.6) is 5.75 Å². The third-order valence-corrected chi connectivity index (χ3v) is 4.42. The van der Waals surface area contributed by atoms with Crippen molar-refractivity contribution in [1.29, 1.82) is 0 Å². The Morgan fingerprint density at radius 2 is 2.14 bits per heavy atom. The average Bonchev–Trinajstić information content (AvgIpc) is 2.96. The van der Waals surface area contributed by atoms with Gasteiger partial charge in [-0.15, -0.1) is 11.3 Å². The maximum Gasteiger partial charge on any atom is 0.223 e. The minimum absolute atomic E-state index is 0.173. The standard InChI is InChI=1S/C15H14N4OS/c16-15-18-13(10-6-8-21-14(10)19-15)17-11-5-7-20-12-4-2-1-3-9(11)12/h1-4,6,8,11H,5,7H2,(H3,16,17,18,19). The third kappa shape index (κ3) is 2.17. The Labute approximate surface area is 125 Å². The highest BCUT2D eigenvalue weighted by atomic mass is 32.1. The van der Waals surface area contributed by atoms with E-state index in [1.807, 2.05) is 29.6 Å². The fourth-order valence-corrected chi connectivity index (χ4v) is 3.41. The number of anilines is 2. The first-order valence-corrected chi connectivity index (χ1v) is 7.68. The second-order valence-electron chi connectivity index (χ2n) is 4.94. The van der Waals surface area contributed by atoms with Crippen molar-refractivity contribution in [2.24, 2.45) is 0 Å². The second kappa shape index (κ2) is 4.89. The Kier molecular flexibility index (Phi) is 2.89. The molecule has 4 rings (SSSR count). The number of benzene rings is 1. The van der Waals surface area contributed by atoms with Crippen LogP contribution >= 0.6 is 11.3 Å². The van der Waals surface area contributed by atoms with Crippen molar-refractivity contribution in [3.05, 3.63) is 41.3 Å². The van der Waals surface area contributed by atoms with E-state index < -0.39 is 0 Å². The normalized spacial score (nSPS) is 17.2. The first kappa shape index (κ1) is 12.4. The molecular formula is C15H14N4OS. The molecule has 0 fully saturated rings. The minimum Gasteiger partial charge on any atom is -0.493 e. The number of nitrogen functional groups attached to an aromatic ring is 1. The van der Waals surface area contributed by atoms with Crippen molar-refractivity contribution >= 4 is 33.3 Å². The van der Waals surface area contributed by atoms with Gasteiger partial charge in [-0.25, -0.2) is 4.98 Å². The summed E-state index contributed by atoms with van der Waals surface area (Å²) in [6.07, 6.45) is 0.895. The first-order valence-electron chi connectivity index (χ1n) is 6.80. The Balaban J connectivity index is 1.74. The maximum absolute atomic E-state index is 5.80. The van der Waals surface area contributed by atoms with Gasteiger partial charge in [-0.2, -0.15) is 4.98 Å². The molecule has 0 saturated carbocycles. The highest BCUT2D eigenvalue weighted by molar-refractivity contribution is 7.16. The lowest BCUT2D eigenvalue weighted by Gasteiger charge is -2.27. The molecule has 6 heteroatoms. The molecule has 3 N–H and O–H groups in total. The van der Waals surface area contributed by atoms with Crippen LogP contribution in [0.3, 0.4) is 0 Å². The average molecular weight is 298 g/mol. The molecule has 3 aromatic rings. The molecule has 0 spiro atoms. The minimum atomic E-state index is 0.173. The van der Waals surface area contributed by atoms with Crippen molar-refractivity contribution in [3.63, 3.8) is 0 Å². The molecule has 1 aromatic carbocycles. The van der Waals surface area contributed by atoms with Gasteiger partial charge in [0, 0.05) is 12.0 Å². The van der Waals surface area contributed by atoms with E-state index in [1.165, 1.54) is 0 Å². The van der Waals surface area contributed by atoms with Gasteiger partial charge in [0.2, 0.25) is 5.95 Å². The number of para-hydroxylation sites is 1. The van der Waals surface area contributed by atoms with Crippen molar-refractivity contribution < 1.29 is 4.74 Å². The lowest BCUT2D eigenvalue weighted by molar-refractivity contribution is 0.274. The van der Waals surface area contributed by atoms with E-state index in [2.05, 4.69) is 21.4 Å². The molecule has 21 heavy (non-hydrogen) atoms. The summed E-state index contributed by atoms with van der Waals surface area (Å²) in [5.74, 6) is 2.03. The van der Waals surface area contributed by atoms with E-state index in [1.54, 1.807) is 11.3 Å². The molecule has 1 atom stereocenters. The zero-order valence-corrected chi connectivity index (χ0v) is 12.1. The number of hydrogen-bond acceptors (Lipinski definition) is 6. The number of nitrogens with two attached hydrogens (primary N) is 1. The maximum atomic E-state index is 5.80. The summed E-state index contributed by atoms with van der Waals surface area (Å²) in [6.45, 7) is 0.696. The van der Waals surface area contributed by atoms with E-state index in [0.717, 1.165) is 33.8 Å². The van der Waals surface area contributed by atoms with Gasteiger partial charge in [0.05, 0.1) is 18.0 Å². The second-order valence-corrected chi connectivity index (χ2v) is 5.84. The summed E-state index contributed by atoms with van der Waals surface area (Å²) in [4.78, 5) is 9.52. The monoisotopic (exact) mass is 298 g/mol. The molecule has 0 amide bonds. The highest BCUT2D eigenvalue weighted by Gasteiger charge is 2.22. The lowest BCUT2D eigenvalue weighted by atomic mass is 10.0. The Hall–Kier alpha value is -2.34. The van der Waals surface area contributed by atoms with Crippen LogP contribution in [0.25, 0.3) is 10.2 Å². The topological polar surface area (TPSA) is 73.1 Å². The number of thiophene rings is 1. The van der Waals surface area contributed by atoms with Gasteiger partial charge in [0.15, 0.2) is 0 Å². The molecule has 2 aromatic heterocycles. The summed E-state index contributed by atoms with van der Waals surface area (Å²) in [6, 6.07) is 10.3. The fourth-order valence-electron chi connectivity index (χ4n) is 2.64. The summed E-state index contributed by atoms with van der Waals surface area (Å²) < 4.78 is 5.69. The predicted molar refractivity (Wildman–Crippen MR) is 84.7 cm³/mol. The molecule has 5 nitrogen and oxygen atoms in total. The molecule has 0 aliphatic carbocycles. The summed E-state index contributed by atoms with van der Waals surface area (Å²) >= 11 is 1.57. The van der Waals surface area contributed by atoms with Crippen LogP contribution in [0.2, 0.25) is 0 Å². The predicted octanol–water partition coefficient (Wildman–Crippen LogP) is 3.21. The Morgan fingerprint density at radius 1 is 1.24 bits per heavy atom. The van der Waals surface area contributed by atoms with Gasteiger partial charge < -0.3 is 15.8 Å². The molecule has 1 aliphatic rings. The van der Waals surface area contributed by atoms with Gasteiger partial charge in [0.1, 0.15) is 16.4 Å². The summed E-state index contributed by atoms with van der Waals surface area (Å²) in [5, 5.41) is 6.52. The van der Waals surface area contributed by atoms with E-state index in [9.17, 15) is 0 Å². The zero-order chi connectivity index (χ0) is 14.2. The molecule has 106 valence electrons. The van der Waals surface area contributed by atoms with Crippen molar-refractivity contribution in [1.82, 2.24) is 9.97 Å². The molecule has 0 bridgehead atoms. The SMILES string of the molecule is Nc1nc(NC2CCOc3ccccc32)c2ccsc2n1. The number of rotatable bonds is 2. The van der Waals surface area contributed by atoms with Crippen LogP contribution < -0.4 is 15.8 Å². The zero-order valence-electron chi connectivity index (χ0n) is 11.2. The molecule has 1 unspecified atom stereocenters. The van der Waals surface area contributed by atoms with Gasteiger partial charge >= 0.3 is 0 Å². The van der Waals surface area contributed by atoms with Gasteiger partial charge in [-0.3, -0.25) is 0 Å². The largest absolute Gasteiger partial charge is 0.493 e. The molecule has 0 radical (unpaired) electrons. The van der Waals surface area contributed by atoms with Crippen molar-refractivity contribution in [2.45, 2.75) is 12.5 Å². The fraction of sp³-hybridized carbons (Fsp3) is 0.200. The summed E-state index contributed by atoms with van der Waals surface area (Å²) in [5.41, 5.74) is 6.96. The first-order chi connectivity index (χ1) is 10.3. The van der Waals surface area contributed by atoms with E-state index >= 15 is 0 Å². The van der Waals surface area contributed by atoms with Gasteiger partial charge in [-0.05, 0) is 17.5 Å². The van der Waals surface area contributed by atoms with Crippen LogP contribution in [0.1, 0.15) is 18.0 Å². The molecule has 1 aliphatic heterocycles. The van der Waals surface area contributed by atoms with E-state index in [-0.39, 0.29) is 6.04 Å². The van der Waals surface area contributed by atoms with Crippen LogP contribution in [0.15, 0.2) is 35.7 Å². The van der Waals surface area contributed by atoms with Crippen molar-refractivity contribution in [3.8, 4) is 5.75 Å². The number of nitrogens with zero attached hydrogens (tertiary/aromatic N) is 2. The van der Waals surface area contributed by atoms with Crippen LogP contribution in [0.4, 0.5) is 11.8 Å². The summed E-state index contributed by atoms with van der Waals surface area (Å²) in [7, 11) is 0. The number of hydrogen-bond donors (Lipinski definition) is 2. The number of aromatic nitrogens is 2. The van der Waals surface area contributed by atoms with Gasteiger partial charge in [0.25, 0.3) is 0 Å². The highest BCUT2D eigenvalue weighted by Crippen LogP contribution is 2.35. The Bertz CT molecular complexity index is 801. The van der Waals surface area contributed by atoms with Crippen LogP contribution in [-0.2, 0) is 0 Å². The van der Waals surface area contributed by atoms with Gasteiger partial charge in [-0.1, -0.05) is 18.2 Å². The quantitative estimate of drug-likeness (QED) is 0.760. The smallest absolute Gasteiger partial charge is 0.223 e. The van der Waals surface area contributed by atoms with E-state index in [4.69, 9.17) is 10.5 Å². The third-order valence-electron chi connectivity index (χ3n) is 3.61. The molecule has 3 heterocycles. The van der Waals surface area contributed by atoms with Crippen molar-refractivity contribution in [2.75, 3.05) is 17.7 Å². The molecule has 0 saturated heterocycles. The number of ether oxygens (including phenoxy) is 1. The number of fused-ring (bicyclic) bond motifs is 2. The van der Waals surface area contributed by atoms with Crippen LogP contribution in [-0.4, -0.2) is 16.6 Å². The van der Waals surface area contributed by atoms with E-state index in [0.29, 0.717) is 12.6 Å². The lowest BCUT2D eigenvalue weighted by Crippen LogP contribution is -2.21. The molecular weight excluding hydrogens is 284 g/mol. The number of nitrogens with one attached hydrogen (secondary N) is 1. The van der Waals surface area contributed by atoms with Crippen LogP contribution in [0, 0.1) is 0 Å². The Morgan fingerprint density at radius 3 is 3.10 bits per heavy atom.